The molecule has 2 heterocycles. The number of hydrogen-bond donors (Lipinski definition) is 1. The van der Waals surface area contributed by atoms with Gasteiger partial charge in [-0.05, 0) is 24.3 Å². The van der Waals surface area contributed by atoms with Crippen LogP contribution in [0.4, 0.5) is 10.5 Å². The van der Waals surface area contributed by atoms with E-state index in [1.54, 1.807) is 29.2 Å². The van der Waals surface area contributed by atoms with Crippen LogP contribution in [0, 0.1) is 0 Å². The predicted molar refractivity (Wildman–Crippen MR) is 84.8 cm³/mol. The first-order valence-corrected chi connectivity index (χ1v) is 7.74. The Balaban J connectivity index is 1.67. The highest BCUT2D eigenvalue weighted by Crippen LogP contribution is 2.23. The Kier molecular flexibility index (Phi) is 4.66. The second-order valence-corrected chi connectivity index (χ2v) is 5.57. The minimum Gasteiger partial charge on any atom is -0.497 e. The molecule has 3 rings (SSSR count). The molecule has 0 aromatic heterocycles. The fraction of sp³-hybridized carbons (Fsp3) is 0.438. The molecule has 8 nitrogen and oxygen atoms in total. The number of amides is 4. The molecule has 2 aliphatic rings. The molecule has 0 spiro atoms. The predicted octanol–water partition coefficient (Wildman–Crippen LogP) is 0.369. The fourth-order valence-electron chi connectivity index (χ4n) is 2.76. The lowest BCUT2D eigenvalue weighted by atomic mass is 10.1. The van der Waals surface area contributed by atoms with Gasteiger partial charge < -0.3 is 19.7 Å². The molecule has 8 heteroatoms. The molecule has 1 aromatic carbocycles. The van der Waals surface area contributed by atoms with Crippen LogP contribution < -0.4 is 15.0 Å². The van der Waals surface area contributed by atoms with E-state index in [9.17, 15) is 14.4 Å². The average molecular weight is 333 g/mol. The zero-order valence-electron chi connectivity index (χ0n) is 13.4. The van der Waals surface area contributed by atoms with E-state index >= 15 is 0 Å². The summed E-state index contributed by atoms with van der Waals surface area (Å²) in [6, 6.07) is 5.23. The molecular weight excluding hydrogens is 314 g/mol. The lowest BCUT2D eigenvalue weighted by Gasteiger charge is -2.27. The van der Waals surface area contributed by atoms with Crippen LogP contribution in [0.15, 0.2) is 24.3 Å². The first-order chi connectivity index (χ1) is 11.6. The smallest absolute Gasteiger partial charge is 0.329 e. The largest absolute Gasteiger partial charge is 0.497 e. The third kappa shape index (κ3) is 3.18. The molecule has 1 aromatic rings. The fourth-order valence-corrected chi connectivity index (χ4v) is 2.76. The zero-order valence-corrected chi connectivity index (χ0v) is 13.4. The van der Waals surface area contributed by atoms with E-state index in [-0.39, 0.29) is 12.3 Å². The third-order valence-electron chi connectivity index (χ3n) is 4.09. The Hall–Kier alpha value is -2.61. The number of carbonyl (C=O) groups is 3. The van der Waals surface area contributed by atoms with Crippen LogP contribution in [-0.4, -0.2) is 62.2 Å². The summed E-state index contributed by atoms with van der Waals surface area (Å²) in [5.74, 6) is 0.0464. The Labute approximate surface area is 139 Å². The monoisotopic (exact) mass is 333 g/mol. The van der Waals surface area contributed by atoms with Crippen molar-refractivity contribution in [2.45, 2.75) is 12.5 Å². The highest BCUT2D eigenvalue weighted by Gasteiger charge is 2.40. The normalized spacial score (nSPS) is 21.0. The van der Waals surface area contributed by atoms with Crippen molar-refractivity contribution < 1.29 is 23.9 Å². The number of nitrogens with zero attached hydrogens (tertiary/aromatic N) is 2. The molecule has 2 saturated heterocycles. The number of nitrogens with one attached hydrogen (secondary N) is 1. The van der Waals surface area contributed by atoms with Gasteiger partial charge in [0, 0.05) is 13.1 Å². The second kappa shape index (κ2) is 6.88. The molecular formula is C16H19N3O5. The number of rotatable bonds is 4. The maximum atomic E-state index is 12.5. The molecule has 0 saturated carbocycles. The first-order valence-electron chi connectivity index (χ1n) is 7.74. The number of anilines is 1. The average Bonchev–Trinajstić information content (AvgIpc) is 2.89. The van der Waals surface area contributed by atoms with Gasteiger partial charge in [-0.2, -0.15) is 0 Å². The summed E-state index contributed by atoms with van der Waals surface area (Å²) >= 11 is 0. The van der Waals surface area contributed by atoms with Crippen LogP contribution in [0.2, 0.25) is 0 Å². The quantitative estimate of drug-likeness (QED) is 0.804. The van der Waals surface area contributed by atoms with E-state index in [0.717, 1.165) is 4.90 Å². The molecule has 1 N–H and O–H groups in total. The van der Waals surface area contributed by atoms with Gasteiger partial charge in [-0.15, -0.1) is 0 Å². The van der Waals surface area contributed by atoms with Gasteiger partial charge in [0.05, 0.1) is 32.4 Å². The van der Waals surface area contributed by atoms with Crippen molar-refractivity contribution in [2.24, 2.45) is 0 Å². The van der Waals surface area contributed by atoms with Crippen LogP contribution in [0.25, 0.3) is 0 Å². The molecule has 1 unspecified atom stereocenters. The van der Waals surface area contributed by atoms with E-state index in [1.807, 2.05) is 0 Å². The number of urea groups is 1. The molecule has 2 fully saturated rings. The minimum atomic E-state index is -0.838. The van der Waals surface area contributed by atoms with E-state index in [0.29, 0.717) is 37.7 Å². The maximum absolute atomic E-state index is 12.5. The van der Waals surface area contributed by atoms with Crippen molar-refractivity contribution in [1.29, 1.82) is 0 Å². The topological polar surface area (TPSA) is 88.2 Å². The number of benzene rings is 1. The van der Waals surface area contributed by atoms with Crippen molar-refractivity contribution in [3.05, 3.63) is 24.3 Å². The number of methoxy groups -OCH3 is 1. The SMILES string of the molecule is COc1ccc(N2C(=O)NC(CC(=O)N3CCOCC3)C2=O)cc1. The molecule has 0 aliphatic carbocycles. The van der Waals surface area contributed by atoms with Crippen molar-refractivity contribution >= 4 is 23.5 Å². The standard InChI is InChI=1S/C16H19N3O5/c1-23-12-4-2-11(3-5-12)19-15(21)13(17-16(19)22)10-14(20)18-6-8-24-9-7-18/h2-5,13H,6-10H2,1H3,(H,17,22). The maximum Gasteiger partial charge on any atom is 0.329 e. The van der Waals surface area contributed by atoms with Gasteiger partial charge in [-0.25, -0.2) is 9.69 Å². The van der Waals surface area contributed by atoms with Crippen LogP contribution in [0.1, 0.15) is 6.42 Å². The number of imide groups is 1. The second-order valence-electron chi connectivity index (χ2n) is 5.57. The summed E-state index contributed by atoms with van der Waals surface area (Å²) in [4.78, 5) is 39.6. The van der Waals surface area contributed by atoms with Gasteiger partial charge in [0.1, 0.15) is 11.8 Å². The van der Waals surface area contributed by atoms with E-state index < -0.39 is 18.0 Å². The molecule has 4 amide bonds. The number of carbonyl (C=O) groups excluding carboxylic acids is 3. The lowest BCUT2D eigenvalue weighted by molar-refractivity contribution is -0.137. The van der Waals surface area contributed by atoms with Crippen LogP contribution in [0.5, 0.6) is 5.75 Å². The number of hydrogen-bond acceptors (Lipinski definition) is 5. The summed E-state index contributed by atoms with van der Waals surface area (Å²) < 4.78 is 10.3. The van der Waals surface area contributed by atoms with E-state index in [2.05, 4.69) is 5.32 Å². The molecule has 0 radical (unpaired) electrons. The van der Waals surface area contributed by atoms with Crippen LogP contribution in [-0.2, 0) is 14.3 Å². The molecule has 128 valence electrons. The van der Waals surface area contributed by atoms with E-state index in [4.69, 9.17) is 9.47 Å². The molecule has 2 aliphatic heterocycles. The van der Waals surface area contributed by atoms with Gasteiger partial charge in [0.2, 0.25) is 5.91 Å². The van der Waals surface area contributed by atoms with Crippen LogP contribution >= 0.6 is 0 Å². The number of ether oxygens (including phenoxy) is 2. The first kappa shape index (κ1) is 16.3. The Bertz CT molecular complexity index is 640. The van der Waals surface area contributed by atoms with Gasteiger partial charge in [0.15, 0.2) is 0 Å². The highest BCUT2D eigenvalue weighted by molar-refractivity contribution is 6.22. The van der Waals surface area contributed by atoms with Crippen molar-refractivity contribution in [2.75, 3.05) is 38.3 Å². The van der Waals surface area contributed by atoms with Gasteiger partial charge in [-0.3, -0.25) is 9.59 Å². The highest BCUT2D eigenvalue weighted by atomic mass is 16.5. The Morgan fingerprint density at radius 3 is 2.54 bits per heavy atom. The summed E-state index contributed by atoms with van der Waals surface area (Å²) in [5, 5.41) is 2.58. The van der Waals surface area contributed by atoms with Crippen molar-refractivity contribution in [3.8, 4) is 5.75 Å². The summed E-state index contributed by atoms with van der Waals surface area (Å²) in [7, 11) is 1.54. The number of morpholine rings is 1. The summed E-state index contributed by atoms with van der Waals surface area (Å²) in [6.45, 7) is 2.01. The van der Waals surface area contributed by atoms with E-state index in [1.165, 1.54) is 7.11 Å². The Morgan fingerprint density at radius 2 is 1.92 bits per heavy atom. The summed E-state index contributed by atoms with van der Waals surface area (Å²) in [5.41, 5.74) is 0.444. The van der Waals surface area contributed by atoms with Crippen LogP contribution in [0.3, 0.4) is 0 Å². The van der Waals surface area contributed by atoms with Gasteiger partial charge in [-0.1, -0.05) is 0 Å². The summed E-state index contributed by atoms with van der Waals surface area (Å²) in [6.07, 6.45) is -0.0444. The lowest BCUT2D eigenvalue weighted by Crippen LogP contribution is -2.44. The van der Waals surface area contributed by atoms with Gasteiger partial charge in [0.25, 0.3) is 5.91 Å². The molecule has 24 heavy (non-hydrogen) atoms. The van der Waals surface area contributed by atoms with Crippen molar-refractivity contribution in [3.63, 3.8) is 0 Å². The van der Waals surface area contributed by atoms with Crippen molar-refractivity contribution in [1.82, 2.24) is 10.2 Å². The minimum absolute atomic E-state index is 0.0444. The molecule has 1 atom stereocenters. The Morgan fingerprint density at radius 1 is 1.25 bits per heavy atom. The zero-order chi connectivity index (χ0) is 17.1. The van der Waals surface area contributed by atoms with Gasteiger partial charge >= 0.3 is 6.03 Å². The third-order valence-corrected chi connectivity index (χ3v) is 4.09. The molecule has 0 bridgehead atoms.